The summed E-state index contributed by atoms with van der Waals surface area (Å²) in [4.78, 5) is 1.85. The van der Waals surface area contributed by atoms with E-state index in [0.29, 0.717) is 13.1 Å². The highest BCUT2D eigenvalue weighted by atomic mass is 19.4. The summed E-state index contributed by atoms with van der Waals surface area (Å²) in [6.45, 7) is 5.17. The molecule has 1 aliphatic heterocycles. The number of rotatable bonds is 1. The Kier molecular flexibility index (Phi) is 4.04. The second-order valence-electron chi connectivity index (χ2n) is 5.11. The van der Waals surface area contributed by atoms with Crippen LogP contribution in [-0.2, 0) is 0 Å². The summed E-state index contributed by atoms with van der Waals surface area (Å²) >= 11 is 0. The minimum atomic E-state index is -4.15. The number of anilines is 1. The molecule has 19 heavy (non-hydrogen) atoms. The molecule has 1 aromatic rings. The first-order chi connectivity index (χ1) is 8.89. The summed E-state index contributed by atoms with van der Waals surface area (Å²) in [5, 5.41) is 2.88. The Labute approximate surface area is 111 Å². The average Bonchev–Trinajstić information content (AvgIpc) is 2.58. The van der Waals surface area contributed by atoms with Crippen molar-refractivity contribution in [2.24, 2.45) is 5.92 Å². The van der Waals surface area contributed by atoms with Gasteiger partial charge < -0.3 is 10.2 Å². The molecule has 2 nitrogen and oxygen atoms in total. The van der Waals surface area contributed by atoms with Gasteiger partial charge in [-0.25, -0.2) is 0 Å². The molecular formula is C14H19F3N2. The molecule has 1 aliphatic rings. The van der Waals surface area contributed by atoms with E-state index in [0.717, 1.165) is 16.8 Å². The van der Waals surface area contributed by atoms with Crippen molar-refractivity contribution in [3.63, 3.8) is 0 Å². The van der Waals surface area contributed by atoms with Gasteiger partial charge in [0.05, 0.1) is 5.92 Å². The smallest absolute Gasteiger partial charge is 0.369 e. The van der Waals surface area contributed by atoms with Crippen molar-refractivity contribution in [1.82, 2.24) is 5.32 Å². The molecule has 1 saturated heterocycles. The number of nitrogens with one attached hydrogen (secondary N) is 1. The van der Waals surface area contributed by atoms with Crippen molar-refractivity contribution in [2.45, 2.75) is 20.0 Å². The van der Waals surface area contributed by atoms with E-state index in [1.54, 1.807) is 0 Å². The monoisotopic (exact) mass is 272 g/mol. The Bertz CT molecular complexity index is 443. The van der Waals surface area contributed by atoms with Gasteiger partial charge >= 0.3 is 6.18 Å². The Morgan fingerprint density at radius 3 is 2.68 bits per heavy atom. The standard InChI is InChI=1S/C14H19F3N2/c1-10-4-3-5-13(11(10)2)19-7-6-18-8-12(9-19)14(15,16)17/h3-5,12,18H,6-9H2,1-2H3. The largest absolute Gasteiger partial charge is 0.394 e. The number of aryl methyl sites for hydroxylation is 1. The first-order valence-corrected chi connectivity index (χ1v) is 6.48. The summed E-state index contributed by atoms with van der Waals surface area (Å²) in [6.07, 6.45) is -4.15. The van der Waals surface area contributed by atoms with Crippen LogP contribution < -0.4 is 10.2 Å². The van der Waals surface area contributed by atoms with Crippen LogP contribution in [0.2, 0.25) is 0 Å². The summed E-state index contributed by atoms with van der Waals surface area (Å²) in [6, 6.07) is 5.79. The molecule has 0 aliphatic carbocycles. The third kappa shape index (κ3) is 3.21. The lowest BCUT2D eigenvalue weighted by atomic mass is 10.1. The maximum atomic E-state index is 12.9. The van der Waals surface area contributed by atoms with E-state index in [9.17, 15) is 13.2 Å². The zero-order valence-corrected chi connectivity index (χ0v) is 11.2. The fourth-order valence-electron chi connectivity index (χ4n) is 2.43. The van der Waals surface area contributed by atoms with Gasteiger partial charge in [0, 0.05) is 31.9 Å². The van der Waals surface area contributed by atoms with Crippen LogP contribution in [0.5, 0.6) is 0 Å². The second-order valence-corrected chi connectivity index (χ2v) is 5.11. The highest BCUT2D eigenvalue weighted by Gasteiger charge is 2.41. The molecule has 1 atom stereocenters. The Morgan fingerprint density at radius 2 is 2.00 bits per heavy atom. The molecule has 0 spiro atoms. The van der Waals surface area contributed by atoms with Crippen molar-refractivity contribution in [1.29, 1.82) is 0 Å². The highest BCUT2D eigenvalue weighted by molar-refractivity contribution is 5.56. The summed E-state index contributed by atoms with van der Waals surface area (Å²) in [5.41, 5.74) is 3.08. The highest BCUT2D eigenvalue weighted by Crippen LogP contribution is 2.30. The van der Waals surface area contributed by atoms with E-state index in [-0.39, 0.29) is 13.1 Å². The van der Waals surface area contributed by atoms with E-state index < -0.39 is 12.1 Å². The number of hydrogen-bond acceptors (Lipinski definition) is 2. The van der Waals surface area contributed by atoms with Crippen LogP contribution in [0.15, 0.2) is 18.2 Å². The number of benzene rings is 1. The Morgan fingerprint density at radius 1 is 1.26 bits per heavy atom. The minimum Gasteiger partial charge on any atom is -0.369 e. The van der Waals surface area contributed by atoms with Crippen LogP contribution >= 0.6 is 0 Å². The van der Waals surface area contributed by atoms with E-state index in [1.165, 1.54) is 0 Å². The molecular weight excluding hydrogens is 253 g/mol. The molecule has 1 aromatic carbocycles. The van der Waals surface area contributed by atoms with E-state index in [1.807, 2.05) is 36.9 Å². The van der Waals surface area contributed by atoms with Crippen LogP contribution in [0.1, 0.15) is 11.1 Å². The lowest BCUT2D eigenvalue weighted by Crippen LogP contribution is -2.38. The Hall–Kier alpha value is -1.23. The molecule has 1 heterocycles. The van der Waals surface area contributed by atoms with Gasteiger partial charge in [-0.2, -0.15) is 13.2 Å². The Balaban J connectivity index is 2.25. The van der Waals surface area contributed by atoms with E-state index in [2.05, 4.69) is 5.32 Å². The number of hydrogen-bond donors (Lipinski definition) is 1. The van der Waals surface area contributed by atoms with Gasteiger partial charge in [0.15, 0.2) is 0 Å². The van der Waals surface area contributed by atoms with Crippen molar-refractivity contribution in [3.8, 4) is 0 Å². The molecule has 1 N–H and O–H groups in total. The van der Waals surface area contributed by atoms with Crippen molar-refractivity contribution in [2.75, 3.05) is 31.1 Å². The number of nitrogens with zero attached hydrogens (tertiary/aromatic N) is 1. The van der Waals surface area contributed by atoms with Gasteiger partial charge in [-0.15, -0.1) is 0 Å². The zero-order chi connectivity index (χ0) is 14.0. The van der Waals surface area contributed by atoms with Crippen LogP contribution in [-0.4, -0.2) is 32.4 Å². The lowest BCUT2D eigenvalue weighted by molar-refractivity contribution is -0.169. The maximum absolute atomic E-state index is 12.9. The van der Waals surface area contributed by atoms with E-state index >= 15 is 0 Å². The average molecular weight is 272 g/mol. The van der Waals surface area contributed by atoms with Crippen LogP contribution in [0.3, 0.4) is 0 Å². The topological polar surface area (TPSA) is 15.3 Å². The van der Waals surface area contributed by atoms with Crippen molar-refractivity contribution in [3.05, 3.63) is 29.3 Å². The van der Waals surface area contributed by atoms with Crippen molar-refractivity contribution < 1.29 is 13.2 Å². The fraction of sp³-hybridized carbons (Fsp3) is 0.571. The molecule has 5 heteroatoms. The van der Waals surface area contributed by atoms with Gasteiger partial charge in [0.2, 0.25) is 0 Å². The molecule has 1 fully saturated rings. The van der Waals surface area contributed by atoms with Gasteiger partial charge in [-0.05, 0) is 31.0 Å². The van der Waals surface area contributed by atoms with Crippen molar-refractivity contribution >= 4 is 5.69 Å². The zero-order valence-electron chi connectivity index (χ0n) is 11.2. The minimum absolute atomic E-state index is 0.00482. The van der Waals surface area contributed by atoms with Gasteiger partial charge in [-0.1, -0.05) is 12.1 Å². The summed E-state index contributed by atoms with van der Waals surface area (Å²) in [7, 11) is 0. The maximum Gasteiger partial charge on any atom is 0.394 e. The molecule has 2 rings (SSSR count). The molecule has 0 saturated carbocycles. The first-order valence-electron chi connectivity index (χ1n) is 6.48. The SMILES string of the molecule is Cc1cccc(N2CCNCC(C(F)(F)F)C2)c1C. The molecule has 1 unspecified atom stereocenters. The van der Waals surface area contributed by atoms with Gasteiger partial charge in [-0.3, -0.25) is 0 Å². The summed E-state index contributed by atoms with van der Waals surface area (Å²) < 4.78 is 38.8. The molecule has 0 radical (unpaired) electrons. The quantitative estimate of drug-likeness (QED) is 0.845. The normalized spacial score (nSPS) is 21.3. The second kappa shape index (κ2) is 5.41. The van der Waals surface area contributed by atoms with Gasteiger partial charge in [0.1, 0.15) is 0 Å². The van der Waals surface area contributed by atoms with Crippen LogP contribution in [0.4, 0.5) is 18.9 Å². The van der Waals surface area contributed by atoms with Crippen LogP contribution in [0.25, 0.3) is 0 Å². The first kappa shape index (κ1) is 14.2. The molecule has 0 amide bonds. The van der Waals surface area contributed by atoms with E-state index in [4.69, 9.17) is 0 Å². The lowest BCUT2D eigenvalue weighted by Gasteiger charge is -2.29. The summed E-state index contributed by atoms with van der Waals surface area (Å²) in [5.74, 6) is -1.31. The number of alkyl halides is 3. The fourth-order valence-corrected chi connectivity index (χ4v) is 2.43. The molecule has 0 aromatic heterocycles. The molecule has 106 valence electrons. The predicted molar refractivity (Wildman–Crippen MR) is 70.5 cm³/mol. The van der Waals surface area contributed by atoms with Gasteiger partial charge in [0.25, 0.3) is 0 Å². The predicted octanol–water partition coefficient (Wildman–Crippen LogP) is 2.89. The third-order valence-corrected chi connectivity index (χ3v) is 3.77. The molecule has 0 bridgehead atoms. The number of halogens is 3. The third-order valence-electron chi connectivity index (χ3n) is 3.77. The van der Waals surface area contributed by atoms with Crippen LogP contribution in [0, 0.1) is 19.8 Å².